The molecule has 0 aliphatic carbocycles. The monoisotopic (exact) mass is 405 g/mol. The Labute approximate surface area is 144 Å². The lowest BCUT2D eigenvalue weighted by atomic mass is 10.2. The van der Waals surface area contributed by atoms with Crippen molar-refractivity contribution < 1.29 is 23.0 Å². The van der Waals surface area contributed by atoms with Crippen molar-refractivity contribution in [3.8, 4) is 11.5 Å². The third kappa shape index (κ3) is 4.56. The molecule has 0 fully saturated rings. The van der Waals surface area contributed by atoms with Crippen molar-refractivity contribution in [2.24, 2.45) is 0 Å². The topological polar surface area (TPSA) is 47.6 Å². The number of anilines is 1. The van der Waals surface area contributed by atoms with Gasteiger partial charge in [-0.3, -0.25) is 4.79 Å². The quantitative estimate of drug-likeness (QED) is 0.763. The summed E-state index contributed by atoms with van der Waals surface area (Å²) >= 11 is 9.12. The number of benzene rings is 2. The lowest BCUT2D eigenvalue weighted by Gasteiger charge is -2.11. The van der Waals surface area contributed by atoms with Crippen molar-refractivity contribution in [2.45, 2.75) is 6.61 Å². The van der Waals surface area contributed by atoms with E-state index in [1.807, 2.05) is 0 Å². The van der Waals surface area contributed by atoms with Crippen molar-refractivity contribution in [1.29, 1.82) is 0 Å². The average Bonchev–Trinajstić information content (AvgIpc) is 2.50. The first-order valence-electron chi connectivity index (χ1n) is 6.30. The second-order valence-corrected chi connectivity index (χ2v) is 5.59. The van der Waals surface area contributed by atoms with Gasteiger partial charge in [-0.25, -0.2) is 0 Å². The molecule has 23 heavy (non-hydrogen) atoms. The van der Waals surface area contributed by atoms with Crippen LogP contribution >= 0.6 is 27.5 Å². The van der Waals surface area contributed by atoms with Crippen molar-refractivity contribution in [2.75, 3.05) is 12.4 Å². The maximum absolute atomic E-state index is 12.3. The minimum atomic E-state index is -2.97. The molecule has 0 saturated carbocycles. The van der Waals surface area contributed by atoms with E-state index in [-0.39, 0.29) is 10.8 Å². The highest BCUT2D eigenvalue weighted by molar-refractivity contribution is 9.10. The molecule has 122 valence electrons. The van der Waals surface area contributed by atoms with Crippen LogP contribution in [0.1, 0.15) is 10.4 Å². The number of hydrogen-bond acceptors (Lipinski definition) is 3. The number of hydrogen-bond donors (Lipinski definition) is 1. The minimum Gasteiger partial charge on any atom is -0.497 e. The maximum atomic E-state index is 12.3. The van der Waals surface area contributed by atoms with E-state index in [9.17, 15) is 13.6 Å². The molecule has 0 spiro atoms. The van der Waals surface area contributed by atoms with Gasteiger partial charge in [0.1, 0.15) is 11.5 Å². The minimum absolute atomic E-state index is 0.0344. The number of amides is 1. The first-order chi connectivity index (χ1) is 10.9. The van der Waals surface area contributed by atoms with Crippen LogP contribution in [0.4, 0.5) is 14.5 Å². The Bertz CT molecular complexity index is 728. The molecule has 0 atom stereocenters. The van der Waals surface area contributed by atoms with Crippen molar-refractivity contribution in [1.82, 2.24) is 0 Å². The van der Waals surface area contributed by atoms with Crippen molar-refractivity contribution in [3.63, 3.8) is 0 Å². The molecule has 0 unspecified atom stereocenters. The number of methoxy groups -OCH3 is 1. The predicted molar refractivity (Wildman–Crippen MR) is 86.7 cm³/mol. The summed E-state index contributed by atoms with van der Waals surface area (Å²) in [5.41, 5.74) is 0.699. The zero-order chi connectivity index (χ0) is 17.0. The Balaban J connectivity index is 2.19. The van der Waals surface area contributed by atoms with Gasteiger partial charge < -0.3 is 14.8 Å². The fourth-order valence-electron chi connectivity index (χ4n) is 1.77. The molecule has 0 aromatic heterocycles. The summed E-state index contributed by atoms with van der Waals surface area (Å²) in [4.78, 5) is 12.3. The molecule has 2 rings (SSSR count). The Morgan fingerprint density at radius 2 is 2.00 bits per heavy atom. The molecule has 0 radical (unpaired) electrons. The summed E-state index contributed by atoms with van der Waals surface area (Å²) in [6.07, 6.45) is 0. The Morgan fingerprint density at radius 3 is 2.61 bits per heavy atom. The molecule has 0 aliphatic rings. The van der Waals surface area contributed by atoms with Crippen LogP contribution < -0.4 is 14.8 Å². The number of nitrogens with one attached hydrogen (secondary N) is 1. The molecule has 0 bridgehead atoms. The lowest BCUT2D eigenvalue weighted by Crippen LogP contribution is -2.13. The number of rotatable bonds is 5. The van der Waals surface area contributed by atoms with Gasteiger partial charge in [0, 0.05) is 10.2 Å². The van der Waals surface area contributed by atoms with E-state index in [0.29, 0.717) is 21.5 Å². The third-order valence-electron chi connectivity index (χ3n) is 2.82. The molecule has 0 saturated heterocycles. The van der Waals surface area contributed by atoms with Gasteiger partial charge in [0.05, 0.1) is 17.7 Å². The lowest BCUT2D eigenvalue weighted by molar-refractivity contribution is -0.0497. The summed E-state index contributed by atoms with van der Waals surface area (Å²) in [5, 5.41) is 2.59. The van der Waals surface area contributed by atoms with Crippen LogP contribution in [0, 0.1) is 0 Å². The maximum Gasteiger partial charge on any atom is 0.387 e. The van der Waals surface area contributed by atoms with Gasteiger partial charge in [0.15, 0.2) is 0 Å². The highest BCUT2D eigenvalue weighted by atomic mass is 79.9. The van der Waals surface area contributed by atoms with E-state index in [2.05, 4.69) is 26.0 Å². The highest BCUT2D eigenvalue weighted by Gasteiger charge is 2.14. The van der Waals surface area contributed by atoms with E-state index >= 15 is 0 Å². The van der Waals surface area contributed by atoms with E-state index < -0.39 is 12.5 Å². The van der Waals surface area contributed by atoms with Crippen LogP contribution in [0.2, 0.25) is 5.02 Å². The van der Waals surface area contributed by atoms with Crippen LogP contribution in [0.15, 0.2) is 40.9 Å². The van der Waals surface area contributed by atoms with Crippen LogP contribution in [0.3, 0.4) is 0 Å². The summed E-state index contributed by atoms with van der Waals surface area (Å²) in [7, 11) is 1.49. The molecule has 1 N–H and O–H groups in total. The standard InChI is InChI=1S/C15H11BrClF2NO3/c1-22-9-3-4-11(16)10(7-9)14(21)20-8-2-5-13(12(17)6-8)23-15(18)19/h2-7,15H,1H3,(H,20,21). The molecule has 2 aromatic carbocycles. The number of halogens is 4. The number of ether oxygens (including phenoxy) is 2. The van der Waals surface area contributed by atoms with Gasteiger partial charge in [0.2, 0.25) is 0 Å². The predicted octanol–water partition coefficient (Wildman–Crippen LogP) is 4.96. The van der Waals surface area contributed by atoms with Gasteiger partial charge >= 0.3 is 6.61 Å². The molecule has 2 aromatic rings. The second kappa shape index (κ2) is 7.61. The molecular formula is C15H11BrClF2NO3. The van der Waals surface area contributed by atoms with E-state index in [4.69, 9.17) is 16.3 Å². The van der Waals surface area contributed by atoms with Crippen LogP contribution in [0.5, 0.6) is 11.5 Å². The van der Waals surface area contributed by atoms with Crippen LogP contribution in [-0.2, 0) is 0 Å². The van der Waals surface area contributed by atoms with Crippen LogP contribution in [0.25, 0.3) is 0 Å². The van der Waals surface area contributed by atoms with Crippen molar-refractivity contribution in [3.05, 3.63) is 51.5 Å². The molecular weight excluding hydrogens is 396 g/mol. The molecule has 1 amide bonds. The Hall–Kier alpha value is -1.86. The Morgan fingerprint density at radius 1 is 1.26 bits per heavy atom. The first-order valence-corrected chi connectivity index (χ1v) is 7.47. The molecule has 4 nitrogen and oxygen atoms in total. The summed E-state index contributed by atoms with van der Waals surface area (Å²) in [5.74, 6) is -0.0475. The van der Waals surface area contributed by atoms with Crippen molar-refractivity contribution >= 4 is 39.1 Å². The summed E-state index contributed by atoms with van der Waals surface area (Å²) < 4.78 is 34.3. The summed E-state index contributed by atoms with van der Waals surface area (Å²) in [6, 6.07) is 8.94. The average molecular weight is 407 g/mol. The number of carbonyl (C=O) groups is 1. The van der Waals surface area contributed by atoms with Gasteiger partial charge in [0.25, 0.3) is 5.91 Å². The number of alkyl halides is 2. The third-order valence-corrected chi connectivity index (χ3v) is 3.81. The zero-order valence-electron chi connectivity index (χ0n) is 11.8. The highest BCUT2D eigenvalue weighted by Crippen LogP contribution is 2.30. The van der Waals surface area contributed by atoms with Gasteiger partial charge in [-0.2, -0.15) is 8.78 Å². The largest absolute Gasteiger partial charge is 0.497 e. The van der Waals surface area contributed by atoms with E-state index in [1.54, 1.807) is 18.2 Å². The zero-order valence-corrected chi connectivity index (χ0v) is 14.1. The van der Waals surface area contributed by atoms with E-state index in [1.165, 1.54) is 25.3 Å². The van der Waals surface area contributed by atoms with E-state index in [0.717, 1.165) is 0 Å². The smallest absolute Gasteiger partial charge is 0.387 e. The van der Waals surface area contributed by atoms with Crippen LogP contribution in [-0.4, -0.2) is 19.6 Å². The number of carbonyl (C=O) groups excluding carboxylic acids is 1. The molecule has 0 heterocycles. The fraction of sp³-hybridized carbons (Fsp3) is 0.133. The first kappa shape index (κ1) is 17.5. The normalized spacial score (nSPS) is 10.5. The second-order valence-electron chi connectivity index (χ2n) is 4.32. The summed E-state index contributed by atoms with van der Waals surface area (Å²) in [6.45, 7) is -2.97. The fourth-order valence-corrected chi connectivity index (χ4v) is 2.43. The Kier molecular flexibility index (Phi) is 5.79. The SMILES string of the molecule is COc1ccc(Br)c(C(=O)Nc2ccc(OC(F)F)c(Cl)c2)c1. The molecule has 8 heteroatoms. The van der Waals surface area contributed by atoms with Gasteiger partial charge in [-0.05, 0) is 52.3 Å². The van der Waals surface area contributed by atoms with Gasteiger partial charge in [-0.15, -0.1) is 0 Å². The van der Waals surface area contributed by atoms with Gasteiger partial charge in [-0.1, -0.05) is 11.6 Å². The molecule has 0 aliphatic heterocycles.